The molecule has 2 N–H and O–H groups in total. The minimum Gasteiger partial charge on any atom is -0.377 e. The molecule has 2 unspecified atom stereocenters. The fraction of sp³-hybridized carbons (Fsp3) is 0.846. The fourth-order valence-electron chi connectivity index (χ4n) is 2.95. The summed E-state index contributed by atoms with van der Waals surface area (Å²) < 4.78 is 5.34. The molecule has 2 heterocycles. The van der Waals surface area contributed by atoms with E-state index in [1.165, 1.54) is 0 Å². The molecule has 0 radical (unpaired) electrons. The van der Waals surface area contributed by atoms with E-state index >= 15 is 0 Å². The smallest absolute Gasteiger partial charge is 0.244 e. The monoisotopic (exact) mass is 269 g/mol. The molecule has 2 aliphatic heterocycles. The highest BCUT2D eigenvalue weighted by atomic mass is 16.5. The Kier molecular flexibility index (Phi) is 4.42. The number of rotatable bonds is 3. The van der Waals surface area contributed by atoms with Crippen LogP contribution in [0.2, 0.25) is 0 Å². The number of carbonyl (C=O) groups is 2. The van der Waals surface area contributed by atoms with Gasteiger partial charge in [-0.15, -0.1) is 0 Å². The lowest BCUT2D eigenvalue weighted by atomic mass is 9.91. The molecule has 0 bridgehead atoms. The minimum absolute atomic E-state index is 0.0457. The average Bonchev–Trinajstić information content (AvgIpc) is 2.95. The summed E-state index contributed by atoms with van der Waals surface area (Å²) in [6, 6.07) is -0.503. The molecule has 0 saturated carbocycles. The Morgan fingerprint density at radius 2 is 2.32 bits per heavy atom. The number of likely N-dealkylation sites (N-methyl/N-ethyl adjacent to an activating group) is 1. The number of nitrogens with zero attached hydrogens (tertiary/aromatic N) is 1. The van der Waals surface area contributed by atoms with Crippen LogP contribution in [0.1, 0.15) is 26.2 Å². The number of morpholine rings is 1. The highest BCUT2D eigenvalue weighted by Crippen LogP contribution is 2.27. The van der Waals surface area contributed by atoms with Crippen LogP contribution in [0.25, 0.3) is 0 Å². The Morgan fingerprint density at radius 3 is 2.89 bits per heavy atom. The first-order valence-corrected chi connectivity index (χ1v) is 7.00. The molecule has 0 aromatic carbocycles. The maximum atomic E-state index is 12.8. The Labute approximate surface area is 113 Å². The topological polar surface area (TPSA) is 70.7 Å². The van der Waals surface area contributed by atoms with Crippen molar-refractivity contribution in [2.75, 3.05) is 33.4 Å². The van der Waals surface area contributed by atoms with Crippen LogP contribution < -0.4 is 10.6 Å². The predicted octanol–water partition coefficient (Wildman–Crippen LogP) is -0.508. The summed E-state index contributed by atoms with van der Waals surface area (Å²) in [5.74, 6) is -0.110. The Bertz CT molecular complexity index is 353. The van der Waals surface area contributed by atoms with E-state index < -0.39 is 11.6 Å². The number of nitrogens with one attached hydrogen (secondary N) is 2. The van der Waals surface area contributed by atoms with Gasteiger partial charge in [0, 0.05) is 13.6 Å². The van der Waals surface area contributed by atoms with E-state index in [4.69, 9.17) is 4.74 Å². The molecule has 2 aliphatic rings. The first-order chi connectivity index (χ1) is 9.14. The molecular weight excluding hydrogens is 246 g/mol. The van der Waals surface area contributed by atoms with Crippen molar-refractivity contribution in [3.63, 3.8) is 0 Å². The van der Waals surface area contributed by atoms with Crippen molar-refractivity contribution >= 4 is 11.8 Å². The quantitative estimate of drug-likeness (QED) is 0.724. The SMILES string of the molecule is CCC1(C(=O)N2CCOCC2C(=O)NC)CCCN1. The molecule has 0 spiro atoms. The molecule has 0 aliphatic carbocycles. The van der Waals surface area contributed by atoms with E-state index in [2.05, 4.69) is 10.6 Å². The standard InChI is InChI=1S/C13H23N3O3/c1-3-13(5-4-6-15-13)12(18)16-7-8-19-9-10(16)11(17)14-2/h10,15H,3-9H2,1-2H3,(H,14,17). The van der Waals surface area contributed by atoms with E-state index in [1.54, 1.807) is 11.9 Å². The summed E-state index contributed by atoms with van der Waals surface area (Å²) in [4.78, 5) is 26.4. The predicted molar refractivity (Wildman–Crippen MR) is 70.6 cm³/mol. The minimum atomic E-state index is -0.503. The molecule has 2 fully saturated rings. The summed E-state index contributed by atoms with van der Waals surface area (Å²) in [5, 5.41) is 5.94. The normalized spacial score (nSPS) is 31.3. The highest BCUT2D eigenvalue weighted by Gasteiger charge is 2.45. The van der Waals surface area contributed by atoms with Crippen LogP contribution in [-0.4, -0.2) is 61.6 Å². The number of carbonyl (C=O) groups excluding carboxylic acids is 2. The maximum absolute atomic E-state index is 12.8. The molecule has 108 valence electrons. The van der Waals surface area contributed by atoms with E-state index in [9.17, 15) is 9.59 Å². The van der Waals surface area contributed by atoms with Crippen molar-refractivity contribution in [2.45, 2.75) is 37.8 Å². The van der Waals surface area contributed by atoms with Gasteiger partial charge in [0.05, 0.1) is 18.8 Å². The van der Waals surface area contributed by atoms with Gasteiger partial charge in [0.15, 0.2) is 0 Å². The third-order valence-corrected chi connectivity index (χ3v) is 4.20. The van der Waals surface area contributed by atoms with Gasteiger partial charge in [-0.1, -0.05) is 6.92 Å². The van der Waals surface area contributed by atoms with Crippen molar-refractivity contribution in [1.82, 2.24) is 15.5 Å². The number of ether oxygens (including phenoxy) is 1. The molecule has 6 nitrogen and oxygen atoms in total. The lowest BCUT2D eigenvalue weighted by Crippen LogP contribution is -2.63. The third-order valence-electron chi connectivity index (χ3n) is 4.20. The highest BCUT2D eigenvalue weighted by molar-refractivity contribution is 5.92. The van der Waals surface area contributed by atoms with Crippen molar-refractivity contribution in [1.29, 1.82) is 0 Å². The molecule has 2 amide bonds. The largest absolute Gasteiger partial charge is 0.377 e. The van der Waals surface area contributed by atoms with Gasteiger partial charge in [0.2, 0.25) is 11.8 Å². The Balaban J connectivity index is 2.17. The summed E-state index contributed by atoms with van der Waals surface area (Å²) in [7, 11) is 1.59. The van der Waals surface area contributed by atoms with Crippen LogP contribution in [0.15, 0.2) is 0 Å². The lowest BCUT2D eigenvalue weighted by Gasteiger charge is -2.40. The van der Waals surface area contributed by atoms with E-state index in [-0.39, 0.29) is 18.4 Å². The van der Waals surface area contributed by atoms with Gasteiger partial charge < -0.3 is 20.3 Å². The number of hydrogen-bond acceptors (Lipinski definition) is 4. The first kappa shape index (κ1) is 14.3. The summed E-state index contributed by atoms with van der Waals surface area (Å²) in [6.45, 7) is 4.16. The van der Waals surface area contributed by atoms with Crippen molar-refractivity contribution < 1.29 is 14.3 Å². The zero-order valence-corrected chi connectivity index (χ0v) is 11.7. The van der Waals surface area contributed by atoms with Crippen LogP contribution in [0.3, 0.4) is 0 Å². The van der Waals surface area contributed by atoms with E-state index in [1.807, 2.05) is 6.92 Å². The van der Waals surface area contributed by atoms with Crippen LogP contribution in [-0.2, 0) is 14.3 Å². The third kappa shape index (κ3) is 2.60. The summed E-state index contributed by atoms with van der Waals surface area (Å²) >= 11 is 0. The molecule has 0 aromatic rings. The van der Waals surface area contributed by atoms with E-state index in [0.717, 1.165) is 25.8 Å². The summed E-state index contributed by atoms with van der Waals surface area (Å²) in [6.07, 6.45) is 2.61. The van der Waals surface area contributed by atoms with Gasteiger partial charge >= 0.3 is 0 Å². The summed E-state index contributed by atoms with van der Waals surface area (Å²) in [5.41, 5.74) is -0.483. The second kappa shape index (κ2) is 5.88. The molecule has 0 aromatic heterocycles. The zero-order valence-electron chi connectivity index (χ0n) is 11.7. The molecule has 2 saturated heterocycles. The van der Waals surface area contributed by atoms with Crippen molar-refractivity contribution in [3.05, 3.63) is 0 Å². The Morgan fingerprint density at radius 1 is 1.53 bits per heavy atom. The maximum Gasteiger partial charge on any atom is 0.244 e. The molecule has 6 heteroatoms. The van der Waals surface area contributed by atoms with Crippen molar-refractivity contribution in [2.24, 2.45) is 0 Å². The zero-order chi connectivity index (χ0) is 13.9. The van der Waals surface area contributed by atoms with Crippen molar-refractivity contribution in [3.8, 4) is 0 Å². The molecule has 2 rings (SSSR count). The van der Waals surface area contributed by atoms with Crippen LogP contribution in [0.4, 0.5) is 0 Å². The van der Waals surface area contributed by atoms with Crippen LogP contribution in [0.5, 0.6) is 0 Å². The molecule has 19 heavy (non-hydrogen) atoms. The van der Waals surface area contributed by atoms with Gasteiger partial charge in [-0.2, -0.15) is 0 Å². The van der Waals surface area contributed by atoms with E-state index in [0.29, 0.717) is 13.2 Å². The van der Waals surface area contributed by atoms with Gasteiger partial charge in [0.1, 0.15) is 6.04 Å². The molecular formula is C13H23N3O3. The van der Waals surface area contributed by atoms with Gasteiger partial charge in [0.25, 0.3) is 0 Å². The Hall–Kier alpha value is -1.14. The second-order valence-electron chi connectivity index (χ2n) is 5.17. The van der Waals surface area contributed by atoms with Gasteiger partial charge in [-0.05, 0) is 25.8 Å². The number of amides is 2. The van der Waals surface area contributed by atoms with Crippen LogP contribution in [0, 0.1) is 0 Å². The fourth-order valence-corrected chi connectivity index (χ4v) is 2.95. The lowest BCUT2D eigenvalue weighted by molar-refractivity contribution is -0.153. The second-order valence-corrected chi connectivity index (χ2v) is 5.17. The van der Waals surface area contributed by atoms with Gasteiger partial charge in [-0.25, -0.2) is 0 Å². The van der Waals surface area contributed by atoms with Gasteiger partial charge in [-0.3, -0.25) is 9.59 Å². The first-order valence-electron chi connectivity index (χ1n) is 7.00. The number of hydrogen-bond donors (Lipinski definition) is 2. The van der Waals surface area contributed by atoms with Crippen LogP contribution >= 0.6 is 0 Å². The average molecular weight is 269 g/mol. The molecule has 2 atom stereocenters.